The maximum atomic E-state index is 12.7. The van der Waals surface area contributed by atoms with Crippen LogP contribution in [0.5, 0.6) is 0 Å². The maximum Gasteiger partial charge on any atom is 0.228 e. The van der Waals surface area contributed by atoms with Crippen molar-refractivity contribution < 1.29 is 14.4 Å². The monoisotopic (exact) mass is 383 g/mol. The maximum absolute atomic E-state index is 12.7. The Morgan fingerprint density at radius 3 is 2.36 bits per heavy atom. The van der Waals surface area contributed by atoms with Crippen LogP contribution >= 0.6 is 23.2 Å². The van der Waals surface area contributed by atoms with Gasteiger partial charge in [0.25, 0.3) is 0 Å². The smallest absolute Gasteiger partial charge is 0.228 e. The molecule has 0 aromatic heterocycles. The fraction of sp³-hybridized carbons (Fsp3) is 0.471. The molecule has 2 aliphatic rings. The second-order valence-electron chi connectivity index (χ2n) is 6.33. The van der Waals surface area contributed by atoms with Crippen LogP contribution in [0.2, 0.25) is 10.0 Å². The molecule has 1 aromatic carbocycles. The number of anilines is 1. The average molecular weight is 384 g/mol. The standard InChI is InChI=1S/C17H19Cl2N3O3/c1-11(23)20-4-6-21(7-5-20)17(25)12-8-16(24)22(10-12)15-9-13(18)2-3-14(15)19/h2-3,9,12H,4-8,10H2,1H3. The minimum atomic E-state index is -0.397. The first kappa shape index (κ1) is 18.0. The van der Waals surface area contributed by atoms with Gasteiger partial charge in [0.2, 0.25) is 17.7 Å². The van der Waals surface area contributed by atoms with Crippen LogP contribution in [0.25, 0.3) is 0 Å². The van der Waals surface area contributed by atoms with Crippen molar-refractivity contribution in [2.75, 3.05) is 37.6 Å². The Balaban J connectivity index is 1.67. The summed E-state index contributed by atoms with van der Waals surface area (Å²) in [5.41, 5.74) is 0.538. The average Bonchev–Trinajstić information content (AvgIpc) is 2.98. The molecule has 0 bridgehead atoms. The molecule has 2 aliphatic heterocycles. The normalized spacial score (nSPS) is 21.0. The van der Waals surface area contributed by atoms with E-state index in [-0.39, 0.29) is 24.1 Å². The first-order chi connectivity index (χ1) is 11.9. The van der Waals surface area contributed by atoms with Crippen LogP contribution in [0.4, 0.5) is 5.69 Å². The van der Waals surface area contributed by atoms with Gasteiger partial charge >= 0.3 is 0 Å². The van der Waals surface area contributed by atoms with Crippen LogP contribution in [-0.4, -0.2) is 60.2 Å². The largest absolute Gasteiger partial charge is 0.339 e. The number of carbonyl (C=O) groups excluding carboxylic acids is 3. The van der Waals surface area contributed by atoms with Crippen molar-refractivity contribution >= 4 is 46.6 Å². The van der Waals surface area contributed by atoms with Gasteiger partial charge < -0.3 is 14.7 Å². The summed E-state index contributed by atoms with van der Waals surface area (Å²) < 4.78 is 0. The lowest BCUT2D eigenvalue weighted by atomic mass is 10.1. The van der Waals surface area contributed by atoms with E-state index in [0.29, 0.717) is 48.5 Å². The molecule has 0 aliphatic carbocycles. The van der Waals surface area contributed by atoms with Gasteiger partial charge in [-0.25, -0.2) is 0 Å². The summed E-state index contributed by atoms with van der Waals surface area (Å²) in [5, 5.41) is 0.920. The predicted octanol–water partition coefficient (Wildman–Crippen LogP) is 2.04. The molecular formula is C17H19Cl2N3O3. The minimum absolute atomic E-state index is 0.0184. The van der Waals surface area contributed by atoms with Gasteiger partial charge in [-0.3, -0.25) is 14.4 Å². The Hall–Kier alpha value is -1.79. The van der Waals surface area contributed by atoms with Gasteiger partial charge in [0.15, 0.2) is 0 Å². The highest BCUT2D eigenvalue weighted by Crippen LogP contribution is 2.34. The second kappa shape index (κ2) is 7.22. The number of amides is 3. The number of rotatable bonds is 2. The SMILES string of the molecule is CC(=O)N1CCN(C(=O)C2CC(=O)N(c3cc(Cl)ccc3Cl)C2)CC1. The molecule has 3 rings (SSSR count). The third-order valence-electron chi connectivity index (χ3n) is 4.71. The molecule has 134 valence electrons. The lowest BCUT2D eigenvalue weighted by Gasteiger charge is -2.35. The van der Waals surface area contributed by atoms with Crippen LogP contribution in [0.3, 0.4) is 0 Å². The molecule has 25 heavy (non-hydrogen) atoms. The quantitative estimate of drug-likeness (QED) is 0.784. The van der Waals surface area contributed by atoms with Crippen molar-refractivity contribution in [1.82, 2.24) is 9.80 Å². The van der Waals surface area contributed by atoms with Crippen molar-refractivity contribution in [3.05, 3.63) is 28.2 Å². The molecule has 1 aromatic rings. The van der Waals surface area contributed by atoms with Gasteiger partial charge in [-0.05, 0) is 18.2 Å². The molecule has 1 atom stereocenters. The first-order valence-electron chi connectivity index (χ1n) is 8.16. The molecule has 1 unspecified atom stereocenters. The van der Waals surface area contributed by atoms with Crippen LogP contribution in [0.15, 0.2) is 18.2 Å². The molecule has 0 saturated carbocycles. The van der Waals surface area contributed by atoms with Crippen molar-refractivity contribution in [2.45, 2.75) is 13.3 Å². The summed E-state index contributed by atoms with van der Waals surface area (Å²) in [6.07, 6.45) is 0.161. The molecule has 3 amide bonds. The van der Waals surface area contributed by atoms with Gasteiger partial charge in [0, 0.05) is 51.1 Å². The zero-order chi connectivity index (χ0) is 18.1. The van der Waals surface area contributed by atoms with Crippen LogP contribution in [0, 0.1) is 5.92 Å². The zero-order valence-corrected chi connectivity index (χ0v) is 15.4. The Bertz CT molecular complexity index is 717. The summed E-state index contributed by atoms with van der Waals surface area (Å²) in [7, 11) is 0. The summed E-state index contributed by atoms with van der Waals surface area (Å²) in [6.45, 7) is 3.89. The van der Waals surface area contributed by atoms with Crippen LogP contribution in [0.1, 0.15) is 13.3 Å². The summed E-state index contributed by atoms with van der Waals surface area (Å²) in [4.78, 5) is 41.5. The second-order valence-corrected chi connectivity index (χ2v) is 7.18. The highest BCUT2D eigenvalue weighted by atomic mass is 35.5. The van der Waals surface area contributed by atoms with E-state index < -0.39 is 5.92 Å². The van der Waals surface area contributed by atoms with Crippen molar-refractivity contribution in [2.24, 2.45) is 5.92 Å². The van der Waals surface area contributed by atoms with Gasteiger partial charge in [-0.2, -0.15) is 0 Å². The number of halogens is 2. The third kappa shape index (κ3) is 3.75. The van der Waals surface area contributed by atoms with E-state index in [0.717, 1.165) is 0 Å². The van der Waals surface area contributed by atoms with Crippen molar-refractivity contribution in [3.8, 4) is 0 Å². The molecule has 0 radical (unpaired) electrons. The first-order valence-corrected chi connectivity index (χ1v) is 8.92. The molecule has 8 heteroatoms. The molecule has 2 fully saturated rings. The van der Waals surface area contributed by atoms with Crippen molar-refractivity contribution in [3.63, 3.8) is 0 Å². The number of carbonyl (C=O) groups is 3. The van der Waals surface area contributed by atoms with E-state index in [1.807, 2.05) is 0 Å². The van der Waals surface area contributed by atoms with E-state index in [2.05, 4.69) is 0 Å². The Kier molecular flexibility index (Phi) is 5.20. The molecule has 2 heterocycles. The highest BCUT2D eigenvalue weighted by molar-refractivity contribution is 6.35. The number of piperazine rings is 1. The topological polar surface area (TPSA) is 60.9 Å². The van der Waals surface area contributed by atoms with E-state index in [1.165, 1.54) is 11.8 Å². The Morgan fingerprint density at radius 1 is 1.08 bits per heavy atom. The van der Waals surface area contributed by atoms with Gasteiger partial charge in [-0.1, -0.05) is 23.2 Å². The summed E-state index contributed by atoms with van der Waals surface area (Å²) in [6, 6.07) is 4.94. The van der Waals surface area contributed by atoms with Crippen molar-refractivity contribution in [1.29, 1.82) is 0 Å². The molecule has 2 saturated heterocycles. The van der Waals surface area contributed by atoms with Crippen LogP contribution < -0.4 is 4.90 Å². The fourth-order valence-corrected chi connectivity index (χ4v) is 3.68. The Morgan fingerprint density at radius 2 is 1.72 bits per heavy atom. The van der Waals surface area contributed by atoms with E-state index >= 15 is 0 Å². The molecule has 0 N–H and O–H groups in total. The third-order valence-corrected chi connectivity index (χ3v) is 5.26. The molecular weight excluding hydrogens is 365 g/mol. The Labute approximate surface area is 156 Å². The van der Waals surface area contributed by atoms with Crippen LogP contribution in [-0.2, 0) is 14.4 Å². The zero-order valence-electron chi connectivity index (χ0n) is 13.9. The minimum Gasteiger partial charge on any atom is -0.339 e. The number of nitrogens with zero attached hydrogens (tertiary/aromatic N) is 3. The fourth-order valence-electron chi connectivity index (χ4n) is 3.30. The number of hydrogen-bond donors (Lipinski definition) is 0. The van der Waals surface area contributed by atoms with E-state index in [4.69, 9.17) is 23.2 Å². The van der Waals surface area contributed by atoms with E-state index in [9.17, 15) is 14.4 Å². The van der Waals surface area contributed by atoms with Gasteiger partial charge in [0.05, 0.1) is 16.6 Å². The van der Waals surface area contributed by atoms with Gasteiger partial charge in [0.1, 0.15) is 0 Å². The summed E-state index contributed by atoms with van der Waals surface area (Å²) in [5.74, 6) is -0.557. The molecule has 0 spiro atoms. The number of hydrogen-bond acceptors (Lipinski definition) is 3. The summed E-state index contributed by atoms with van der Waals surface area (Å²) >= 11 is 12.2. The highest BCUT2D eigenvalue weighted by Gasteiger charge is 2.38. The van der Waals surface area contributed by atoms with Gasteiger partial charge in [-0.15, -0.1) is 0 Å². The molecule has 6 nitrogen and oxygen atoms in total. The number of benzene rings is 1. The lowest BCUT2D eigenvalue weighted by molar-refractivity contribution is -0.141. The lowest BCUT2D eigenvalue weighted by Crippen LogP contribution is -2.51. The van der Waals surface area contributed by atoms with E-state index in [1.54, 1.807) is 28.0 Å². The predicted molar refractivity (Wildman–Crippen MR) is 95.8 cm³/mol.